The van der Waals surface area contributed by atoms with Gasteiger partial charge in [-0.2, -0.15) is 0 Å². The third-order valence-corrected chi connectivity index (χ3v) is 2.92. The molecule has 108 valence electrons. The van der Waals surface area contributed by atoms with Crippen molar-refractivity contribution in [2.75, 3.05) is 18.6 Å². The van der Waals surface area contributed by atoms with Crippen LogP contribution in [0.15, 0.2) is 54.6 Å². The van der Waals surface area contributed by atoms with Gasteiger partial charge < -0.3 is 9.64 Å². The highest BCUT2D eigenvalue weighted by Crippen LogP contribution is 2.11. The van der Waals surface area contributed by atoms with Crippen LogP contribution in [-0.2, 0) is 9.53 Å². The number of anilines is 1. The van der Waals surface area contributed by atoms with Crippen LogP contribution in [0.1, 0.15) is 10.4 Å². The quantitative estimate of drug-likeness (QED) is 0.812. The Morgan fingerprint density at radius 3 is 2.29 bits per heavy atom. The average molecular weight is 287 g/mol. The van der Waals surface area contributed by atoms with E-state index in [1.165, 1.54) is 17.0 Å². The zero-order valence-corrected chi connectivity index (χ0v) is 11.5. The molecule has 5 heteroatoms. The third kappa shape index (κ3) is 3.89. The maximum Gasteiger partial charge on any atom is 0.338 e. The summed E-state index contributed by atoms with van der Waals surface area (Å²) in [4.78, 5) is 25.0. The molecule has 0 saturated heterocycles. The maximum atomic E-state index is 12.7. The fourth-order valence-electron chi connectivity index (χ4n) is 1.69. The zero-order chi connectivity index (χ0) is 15.2. The van der Waals surface area contributed by atoms with Crippen molar-refractivity contribution in [3.05, 3.63) is 66.0 Å². The fraction of sp³-hybridized carbons (Fsp3) is 0.125. The van der Waals surface area contributed by atoms with Crippen LogP contribution in [0.3, 0.4) is 0 Å². The van der Waals surface area contributed by atoms with Crippen LogP contribution in [0.2, 0.25) is 0 Å². The predicted molar refractivity (Wildman–Crippen MR) is 76.5 cm³/mol. The lowest BCUT2D eigenvalue weighted by molar-refractivity contribution is -0.121. The van der Waals surface area contributed by atoms with Crippen molar-refractivity contribution in [2.24, 2.45) is 0 Å². The zero-order valence-electron chi connectivity index (χ0n) is 11.5. The van der Waals surface area contributed by atoms with E-state index in [9.17, 15) is 14.0 Å². The summed E-state index contributed by atoms with van der Waals surface area (Å²) in [5, 5.41) is 0. The number of hydrogen-bond donors (Lipinski definition) is 0. The van der Waals surface area contributed by atoms with Crippen LogP contribution >= 0.6 is 0 Å². The van der Waals surface area contributed by atoms with Crippen LogP contribution < -0.4 is 4.90 Å². The number of carbonyl (C=O) groups is 2. The summed E-state index contributed by atoms with van der Waals surface area (Å²) in [6.07, 6.45) is 0. The number of para-hydroxylation sites is 1. The molecule has 0 saturated carbocycles. The topological polar surface area (TPSA) is 46.6 Å². The second-order valence-corrected chi connectivity index (χ2v) is 4.37. The molecular weight excluding hydrogens is 273 g/mol. The van der Waals surface area contributed by atoms with E-state index in [0.717, 1.165) is 12.1 Å². The van der Waals surface area contributed by atoms with E-state index in [1.807, 2.05) is 18.2 Å². The first-order valence-electron chi connectivity index (χ1n) is 6.32. The third-order valence-electron chi connectivity index (χ3n) is 2.92. The van der Waals surface area contributed by atoms with Gasteiger partial charge in [0.05, 0.1) is 5.56 Å². The van der Waals surface area contributed by atoms with Gasteiger partial charge in [-0.15, -0.1) is 0 Å². The van der Waals surface area contributed by atoms with Gasteiger partial charge in [0, 0.05) is 12.7 Å². The number of carbonyl (C=O) groups excluding carboxylic acids is 2. The van der Waals surface area contributed by atoms with Crippen LogP contribution in [0.5, 0.6) is 0 Å². The van der Waals surface area contributed by atoms with Crippen molar-refractivity contribution >= 4 is 17.6 Å². The first-order valence-corrected chi connectivity index (χ1v) is 6.32. The van der Waals surface area contributed by atoms with Gasteiger partial charge in [0.1, 0.15) is 5.82 Å². The van der Waals surface area contributed by atoms with Gasteiger partial charge in [0.15, 0.2) is 6.61 Å². The molecule has 0 aliphatic rings. The molecule has 0 unspecified atom stereocenters. The average Bonchev–Trinajstić information content (AvgIpc) is 2.53. The number of likely N-dealkylation sites (N-methyl/N-ethyl adjacent to an activating group) is 1. The standard InChI is InChI=1S/C16H14FNO3/c1-18(14-5-3-2-4-6-14)15(19)11-21-16(20)12-7-9-13(17)10-8-12/h2-10H,11H2,1H3. The molecule has 1 amide bonds. The molecule has 2 aromatic rings. The minimum atomic E-state index is -0.662. The largest absolute Gasteiger partial charge is 0.452 e. The summed E-state index contributed by atoms with van der Waals surface area (Å²) in [6.45, 7) is -0.373. The normalized spacial score (nSPS) is 10.0. The minimum absolute atomic E-state index is 0.201. The number of halogens is 1. The first kappa shape index (κ1) is 14.7. The van der Waals surface area contributed by atoms with E-state index in [1.54, 1.807) is 19.2 Å². The van der Waals surface area contributed by atoms with E-state index >= 15 is 0 Å². The van der Waals surface area contributed by atoms with Gasteiger partial charge in [0.25, 0.3) is 5.91 Å². The van der Waals surface area contributed by atoms with Crippen molar-refractivity contribution < 1.29 is 18.7 Å². The maximum absolute atomic E-state index is 12.7. The Balaban J connectivity index is 1.92. The van der Waals surface area contributed by atoms with Crippen molar-refractivity contribution in [2.45, 2.75) is 0 Å². The predicted octanol–water partition coefficient (Wildman–Crippen LogP) is 2.65. The molecule has 0 atom stereocenters. The summed E-state index contributed by atoms with van der Waals surface area (Å²) in [7, 11) is 1.60. The highest BCUT2D eigenvalue weighted by atomic mass is 19.1. The smallest absolute Gasteiger partial charge is 0.338 e. The summed E-state index contributed by atoms with van der Waals surface area (Å²) in [6, 6.07) is 14.0. The Morgan fingerprint density at radius 1 is 1.05 bits per heavy atom. The number of nitrogens with zero attached hydrogens (tertiary/aromatic N) is 1. The lowest BCUT2D eigenvalue weighted by Crippen LogP contribution is -2.31. The Kier molecular flexibility index (Phi) is 4.66. The van der Waals surface area contributed by atoms with Gasteiger partial charge in [-0.25, -0.2) is 9.18 Å². The van der Waals surface area contributed by atoms with E-state index in [2.05, 4.69) is 0 Å². The highest BCUT2D eigenvalue weighted by Gasteiger charge is 2.14. The number of rotatable bonds is 4. The van der Waals surface area contributed by atoms with Crippen molar-refractivity contribution in [1.82, 2.24) is 0 Å². The van der Waals surface area contributed by atoms with Crippen molar-refractivity contribution in [1.29, 1.82) is 0 Å². The molecule has 0 radical (unpaired) electrons. The van der Waals surface area contributed by atoms with Crippen LogP contribution in [0.4, 0.5) is 10.1 Å². The molecule has 0 aromatic heterocycles. The molecule has 4 nitrogen and oxygen atoms in total. The van der Waals surface area contributed by atoms with E-state index < -0.39 is 11.8 Å². The number of hydrogen-bond acceptors (Lipinski definition) is 3. The summed E-state index contributed by atoms with van der Waals surface area (Å²) < 4.78 is 17.7. The van der Waals surface area contributed by atoms with E-state index in [4.69, 9.17) is 4.74 Å². The van der Waals surface area contributed by atoms with E-state index in [-0.39, 0.29) is 18.1 Å². The van der Waals surface area contributed by atoms with Gasteiger partial charge in [-0.1, -0.05) is 18.2 Å². The van der Waals surface area contributed by atoms with Gasteiger partial charge in [-0.3, -0.25) is 4.79 Å². The Bertz CT molecular complexity index is 626. The number of esters is 1. The molecule has 0 aliphatic heterocycles. The number of benzene rings is 2. The Hall–Kier alpha value is -2.69. The number of amides is 1. The molecule has 0 bridgehead atoms. The van der Waals surface area contributed by atoms with Gasteiger partial charge in [0.2, 0.25) is 0 Å². The number of ether oxygens (including phenoxy) is 1. The molecule has 21 heavy (non-hydrogen) atoms. The lowest BCUT2D eigenvalue weighted by atomic mass is 10.2. The molecule has 2 aromatic carbocycles. The Morgan fingerprint density at radius 2 is 1.67 bits per heavy atom. The molecule has 0 spiro atoms. The van der Waals surface area contributed by atoms with Crippen molar-refractivity contribution in [3.8, 4) is 0 Å². The lowest BCUT2D eigenvalue weighted by Gasteiger charge is -2.17. The second-order valence-electron chi connectivity index (χ2n) is 4.37. The van der Waals surface area contributed by atoms with Gasteiger partial charge >= 0.3 is 5.97 Å². The fourth-order valence-corrected chi connectivity index (χ4v) is 1.69. The molecule has 0 aliphatic carbocycles. The molecular formula is C16H14FNO3. The van der Waals surface area contributed by atoms with E-state index in [0.29, 0.717) is 5.69 Å². The summed E-state index contributed by atoms with van der Waals surface area (Å²) >= 11 is 0. The van der Waals surface area contributed by atoms with Gasteiger partial charge in [-0.05, 0) is 36.4 Å². The minimum Gasteiger partial charge on any atom is -0.452 e. The monoisotopic (exact) mass is 287 g/mol. The molecule has 0 fully saturated rings. The molecule has 0 N–H and O–H groups in total. The summed E-state index contributed by atoms with van der Waals surface area (Å²) in [5.74, 6) is -1.45. The SMILES string of the molecule is CN(C(=O)COC(=O)c1ccc(F)cc1)c1ccccc1. The highest BCUT2D eigenvalue weighted by molar-refractivity contribution is 5.96. The first-order chi connectivity index (χ1) is 10.1. The summed E-state index contributed by atoms with van der Waals surface area (Å²) in [5.41, 5.74) is 0.909. The van der Waals surface area contributed by atoms with Crippen molar-refractivity contribution in [3.63, 3.8) is 0 Å². The molecule has 0 heterocycles. The van der Waals surface area contributed by atoms with Crippen LogP contribution in [0.25, 0.3) is 0 Å². The Labute approximate surface area is 121 Å². The van der Waals surface area contributed by atoms with Crippen LogP contribution in [-0.4, -0.2) is 25.5 Å². The van der Waals surface area contributed by atoms with Crippen LogP contribution in [0, 0.1) is 5.82 Å². The second kappa shape index (κ2) is 6.65. The molecule has 2 rings (SSSR count).